The summed E-state index contributed by atoms with van der Waals surface area (Å²) in [5.74, 6) is 0. The average molecular weight is 331 g/mol. The molecule has 1 heterocycles. The molecule has 0 saturated carbocycles. The second-order valence-corrected chi connectivity index (χ2v) is 5.61. The minimum atomic E-state index is 0.391. The molecule has 0 fully saturated rings. The molecule has 3 aromatic rings. The minimum absolute atomic E-state index is 0.391. The summed E-state index contributed by atoms with van der Waals surface area (Å²) in [5.41, 5.74) is 15.7. The smallest absolute Gasteiger partial charge is 0.118 e. The van der Waals surface area contributed by atoms with Gasteiger partial charge >= 0.3 is 0 Å². The van der Waals surface area contributed by atoms with Crippen molar-refractivity contribution in [1.29, 1.82) is 0 Å². The van der Waals surface area contributed by atoms with Crippen LogP contribution in [0.15, 0.2) is 48.5 Å². The molecule has 0 radical (unpaired) electrons. The lowest BCUT2D eigenvalue weighted by Gasteiger charge is -2.11. The third-order valence-corrected chi connectivity index (χ3v) is 3.79. The van der Waals surface area contributed by atoms with E-state index >= 15 is 0 Å². The maximum absolute atomic E-state index is 6.13. The first-order valence-electron chi connectivity index (χ1n) is 6.50. The number of benzene rings is 2. The molecule has 6 heteroatoms. The highest BCUT2D eigenvalue weighted by atomic mass is 35.5. The molecule has 110 valence electrons. The predicted octanol–water partition coefficient (Wildman–Crippen LogP) is 4.28. The van der Waals surface area contributed by atoms with E-state index in [2.05, 4.69) is 10.2 Å². The van der Waals surface area contributed by atoms with Crippen LogP contribution in [0.1, 0.15) is 0 Å². The summed E-state index contributed by atoms with van der Waals surface area (Å²) in [6.07, 6.45) is 0. The molecule has 4 N–H and O–H groups in total. The highest BCUT2D eigenvalue weighted by molar-refractivity contribution is 6.31. The third kappa shape index (κ3) is 2.71. The maximum atomic E-state index is 6.13. The number of halogens is 2. The normalized spacial score (nSPS) is 10.6. The Hall–Kier alpha value is -2.30. The standard InChI is InChI=1S/C16H12Cl2N4/c17-11-5-1-9(2-6-11)15-13(19)14(20)16(22-21-15)10-3-7-12(18)8-4-10/h1-8H,(H2,20,21)(H2,19,22). The fourth-order valence-electron chi connectivity index (χ4n) is 2.10. The van der Waals surface area contributed by atoms with Gasteiger partial charge in [0.15, 0.2) is 0 Å². The molecule has 3 rings (SSSR count). The van der Waals surface area contributed by atoms with Gasteiger partial charge in [-0.15, -0.1) is 10.2 Å². The molecular formula is C16H12Cl2N4. The SMILES string of the molecule is Nc1c(-c2ccc(Cl)cc2)nnc(-c2ccc(Cl)cc2)c1N. The van der Waals surface area contributed by atoms with Crippen molar-refractivity contribution in [2.75, 3.05) is 11.5 Å². The Kier molecular flexibility index (Phi) is 3.88. The lowest BCUT2D eigenvalue weighted by atomic mass is 10.1. The van der Waals surface area contributed by atoms with E-state index in [1.807, 2.05) is 24.3 Å². The third-order valence-electron chi connectivity index (χ3n) is 3.29. The number of aromatic nitrogens is 2. The number of hydrogen-bond acceptors (Lipinski definition) is 4. The molecule has 0 aliphatic carbocycles. The van der Waals surface area contributed by atoms with Gasteiger partial charge in [0.05, 0.1) is 11.4 Å². The van der Waals surface area contributed by atoms with E-state index < -0.39 is 0 Å². The van der Waals surface area contributed by atoms with Gasteiger partial charge in [0.2, 0.25) is 0 Å². The molecule has 0 aliphatic rings. The molecule has 4 nitrogen and oxygen atoms in total. The maximum Gasteiger partial charge on any atom is 0.118 e. The van der Waals surface area contributed by atoms with Crippen molar-refractivity contribution < 1.29 is 0 Å². The Bertz CT molecular complexity index is 744. The number of nitrogens with zero attached hydrogens (tertiary/aromatic N) is 2. The molecule has 0 unspecified atom stereocenters. The van der Waals surface area contributed by atoms with Crippen molar-refractivity contribution in [3.8, 4) is 22.5 Å². The van der Waals surface area contributed by atoms with Crippen LogP contribution in [-0.4, -0.2) is 10.2 Å². The summed E-state index contributed by atoms with van der Waals surface area (Å²) in [6, 6.07) is 14.4. The van der Waals surface area contributed by atoms with Crippen LogP contribution in [0.25, 0.3) is 22.5 Å². The summed E-state index contributed by atoms with van der Waals surface area (Å²) in [6.45, 7) is 0. The second-order valence-electron chi connectivity index (χ2n) is 4.74. The van der Waals surface area contributed by atoms with Gasteiger partial charge < -0.3 is 11.5 Å². The number of nitrogen functional groups attached to an aromatic ring is 2. The zero-order valence-electron chi connectivity index (χ0n) is 11.4. The molecule has 0 spiro atoms. The highest BCUT2D eigenvalue weighted by Crippen LogP contribution is 2.34. The van der Waals surface area contributed by atoms with Gasteiger partial charge in [-0.2, -0.15) is 0 Å². The van der Waals surface area contributed by atoms with Gasteiger partial charge in [-0.3, -0.25) is 0 Å². The lowest BCUT2D eigenvalue weighted by molar-refractivity contribution is 1.05. The molecule has 0 bridgehead atoms. The Morgan fingerprint density at radius 2 is 0.909 bits per heavy atom. The monoisotopic (exact) mass is 330 g/mol. The van der Waals surface area contributed by atoms with Gasteiger partial charge in [0, 0.05) is 21.2 Å². The molecule has 22 heavy (non-hydrogen) atoms. The summed E-state index contributed by atoms with van der Waals surface area (Å²) in [4.78, 5) is 0. The first kappa shape index (κ1) is 14.6. The van der Waals surface area contributed by atoms with Gasteiger partial charge in [-0.25, -0.2) is 0 Å². The predicted molar refractivity (Wildman–Crippen MR) is 91.7 cm³/mol. The molecule has 0 saturated heterocycles. The van der Waals surface area contributed by atoms with Crippen LogP contribution in [0.4, 0.5) is 11.4 Å². The largest absolute Gasteiger partial charge is 0.395 e. The highest BCUT2D eigenvalue weighted by Gasteiger charge is 2.14. The van der Waals surface area contributed by atoms with Gasteiger partial charge in [0.25, 0.3) is 0 Å². The van der Waals surface area contributed by atoms with Crippen molar-refractivity contribution in [3.05, 3.63) is 58.6 Å². The van der Waals surface area contributed by atoms with Gasteiger partial charge in [-0.1, -0.05) is 47.5 Å². The summed E-state index contributed by atoms with van der Waals surface area (Å²) < 4.78 is 0. The zero-order valence-corrected chi connectivity index (χ0v) is 12.9. The van der Waals surface area contributed by atoms with Crippen LogP contribution in [0, 0.1) is 0 Å². The molecular weight excluding hydrogens is 319 g/mol. The molecule has 0 aliphatic heterocycles. The van der Waals surface area contributed by atoms with E-state index in [4.69, 9.17) is 34.7 Å². The molecule has 0 amide bonds. The topological polar surface area (TPSA) is 77.8 Å². The first-order chi connectivity index (χ1) is 10.6. The van der Waals surface area contributed by atoms with E-state index in [9.17, 15) is 0 Å². The van der Waals surface area contributed by atoms with E-state index in [1.54, 1.807) is 24.3 Å². The Labute approximate surface area is 137 Å². The van der Waals surface area contributed by atoms with Crippen molar-refractivity contribution in [2.24, 2.45) is 0 Å². The van der Waals surface area contributed by atoms with Crippen LogP contribution in [0.5, 0.6) is 0 Å². The number of rotatable bonds is 2. The number of anilines is 2. The summed E-state index contributed by atoms with van der Waals surface area (Å²) in [5, 5.41) is 9.69. The first-order valence-corrected chi connectivity index (χ1v) is 7.25. The number of nitrogens with two attached hydrogens (primary N) is 2. The molecule has 1 aromatic heterocycles. The molecule has 2 aromatic carbocycles. The lowest BCUT2D eigenvalue weighted by Crippen LogP contribution is -2.04. The van der Waals surface area contributed by atoms with E-state index in [0.29, 0.717) is 32.8 Å². The Balaban J connectivity index is 2.08. The van der Waals surface area contributed by atoms with Crippen LogP contribution in [-0.2, 0) is 0 Å². The second kappa shape index (κ2) is 5.83. The summed E-state index contributed by atoms with van der Waals surface area (Å²) in [7, 11) is 0. The number of hydrogen-bond donors (Lipinski definition) is 2. The van der Waals surface area contributed by atoms with Crippen molar-refractivity contribution in [1.82, 2.24) is 10.2 Å². The molecule has 0 atom stereocenters. The van der Waals surface area contributed by atoms with Crippen LogP contribution < -0.4 is 11.5 Å². The van der Waals surface area contributed by atoms with E-state index in [0.717, 1.165) is 11.1 Å². The van der Waals surface area contributed by atoms with Gasteiger partial charge in [0.1, 0.15) is 11.4 Å². The van der Waals surface area contributed by atoms with Crippen LogP contribution in [0.2, 0.25) is 10.0 Å². The van der Waals surface area contributed by atoms with Crippen molar-refractivity contribution >= 4 is 34.6 Å². The van der Waals surface area contributed by atoms with E-state index in [1.165, 1.54) is 0 Å². The van der Waals surface area contributed by atoms with Gasteiger partial charge in [-0.05, 0) is 24.3 Å². The average Bonchev–Trinajstić information content (AvgIpc) is 2.52. The minimum Gasteiger partial charge on any atom is -0.395 e. The Morgan fingerprint density at radius 1 is 0.591 bits per heavy atom. The van der Waals surface area contributed by atoms with Crippen LogP contribution >= 0.6 is 23.2 Å². The van der Waals surface area contributed by atoms with Crippen molar-refractivity contribution in [2.45, 2.75) is 0 Å². The van der Waals surface area contributed by atoms with Crippen molar-refractivity contribution in [3.63, 3.8) is 0 Å². The Morgan fingerprint density at radius 3 is 1.23 bits per heavy atom. The van der Waals surface area contributed by atoms with E-state index in [-0.39, 0.29) is 0 Å². The fraction of sp³-hybridized carbons (Fsp3) is 0. The fourth-order valence-corrected chi connectivity index (χ4v) is 2.36. The zero-order chi connectivity index (χ0) is 15.7. The quantitative estimate of drug-likeness (QED) is 0.735. The summed E-state index contributed by atoms with van der Waals surface area (Å²) >= 11 is 11.8. The van der Waals surface area contributed by atoms with Crippen LogP contribution in [0.3, 0.4) is 0 Å².